The van der Waals surface area contributed by atoms with Gasteiger partial charge in [-0.15, -0.1) is 0 Å². The molecule has 0 spiro atoms. The van der Waals surface area contributed by atoms with Crippen LogP contribution in [-0.4, -0.2) is 19.0 Å². The Morgan fingerprint density at radius 1 is 1.47 bits per heavy atom. The lowest BCUT2D eigenvalue weighted by molar-refractivity contribution is -0.119. The number of carbonyl (C=O) groups is 1. The van der Waals surface area contributed by atoms with Gasteiger partial charge in [0.2, 0.25) is 5.91 Å². The highest BCUT2D eigenvalue weighted by Crippen LogP contribution is 2.20. The summed E-state index contributed by atoms with van der Waals surface area (Å²) in [5.41, 5.74) is 2.11. The summed E-state index contributed by atoms with van der Waals surface area (Å²) >= 11 is 3.39. The topological polar surface area (TPSA) is 41.1 Å². The van der Waals surface area contributed by atoms with E-state index in [9.17, 15) is 4.79 Å². The number of carbonyl (C=O) groups excluding carboxylic acids is 1. The molecule has 0 bridgehead atoms. The summed E-state index contributed by atoms with van der Waals surface area (Å²) in [7, 11) is 0. The van der Waals surface area contributed by atoms with E-state index >= 15 is 0 Å². The lowest BCUT2D eigenvalue weighted by Crippen LogP contribution is -2.29. The van der Waals surface area contributed by atoms with E-state index in [0.29, 0.717) is 13.1 Å². The fraction of sp³-hybridized carbons (Fsp3) is 0.364. The Kier molecular flexibility index (Phi) is 4.62. The molecule has 1 aromatic carbocycles. The number of nitrogens with one attached hydrogen (secondary N) is 2. The molecule has 0 aromatic heterocycles. The zero-order valence-electron chi connectivity index (χ0n) is 8.93. The van der Waals surface area contributed by atoms with Gasteiger partial charge in [-0.2, -0.15) is 0 Å². The second-order valence-electron chi connectivity index (χ2n) is 3.27. The maximum absolute atomic E-state index is 11.2. The van der Waals surface area contributed by atoms with Crippen molar-refractivity contribution in [1.82, 2.24) is 5.32 Å². The van der Waals surface area contributed by atoms with Gasteiger partial charge in [-0.3, -0.25) is 4.79 Å². The van der Waals surface area contributed by atoms with Gasteiger partial charge in [-0.1, -0.05) is 22.0 Å². The lowest BCUT2D eigenvalue weighted by atomic mass is 10.2. The summed E-state index contributed by atoms with van der Waals surface area (Å²) in [6, 6.07) is 5.95. The molecular formula is C11H15BrN2O. The van der Waals surface area contributed by atoms with Crippen LogP contribution in [0.4, 0.5) is 5.69 Å². The third-order valence-electron chi connectivity index (χ3n) is 2.01. The molecule has 15 heavy (non-hydrogen) atoms. The zero-order valence-corrected chi connectivity index (χ0v) is 10.5. The summed E-state index contributed by atoms with van der Waals surface area (Å²) in [5.74, 6) is 0.0110. The van der Waals surface area contributed by atoms with Crippen LogP contribution in [0, 0.1) is 6.92 Å². The van der Waals surface area contributed by atoms with Gasteiger partial charge in [0.05, 0.1) is 6.54 Å². The molecule has 1 amide bonds. The molecule has 1 aromatic rings. The monoisotopic (exact) mass is 270 g/mol. The van der Waals surface area contributed by atoms with Crippen LogP contribution in [0.2, 0.25) is 0 Å². The van der Waals surface area contributed by atoms with Crippen molar-refractivity contribution in [3.8, 4) is 0 Å². The Balaban J connectivity index is 2.57. The third kappa shape index (κ3) is 3.91. The Morgan fingerprint density at radius 3 is 2.87 bits per heavy atom. The second-order valence-corrected chi connectivity index (χ2v) is 4.18. The molecule has 0 heterocycles. The highest BCUT2D eigenvalue weighted by atomic mass is 79.9. The van der Waals surface area contributed by atoms with Gasteiger partial charge in [0.1, 0.15) is 0 Å². The number of hydrogen-bond acceptors (Lipinski definition) is 2. The number of amides is 1. The molecule has 0 atom stereocenters. The van der Waals surface area contributed by atoms with E-state index in [2.05, 4.69) is 26.6 Å². The van der Waals surface area contributed by atoms with E-state index in [-0.39, 0.29) is 5.91 Å². The lowest BCUT2D eigenvalue weighted by Gasteiger charge is -2.09. The fourth-order valence-electron chi connectivity index (χ4n) is 1.22. The van der Waals surface area contributed by atoms with Gasteiger partial charge in [0, 0.05) is 16.7 Å². The number of anilines is 1. The highest BCUT2D eigenvalue weighted by molar-refractivity contribution is 9.10. The van der Waals surface area contributed by atoms with Crippen molar-refractivity contribution in [3.05, 3.63) is 28.2 Å². The molecule has 0 saturated carbocycles. The third-order valence-corrected chi connectivity index (χ3v) is 2.51. The molecule has 0 aliphatic carbocycles. The SMILES string of the molecule is CCNC(=O)CNc1cc(Br)ccc1C. The van der Waals surface area contributed by atoms with E-state index in [0.717, 1.165) is 15.7 Å². The summed E-state index contributed by atoms with van der Waals surface area (Å²) in [5, 5.41) is 5.83. The van der Waals surface area contributed by atoms with E-state index in [1.165, 1.54) is 0 Å². The summed E-state index contributed by atoms with van der Waals surface area (Å²) in [6.07, 6.45) is 0. The smallest absolute Gasteiger partial charge is 0.239 e. The molecular weight excluding hydrogens is 256 g/mol. The second kappa shape index (κ2) is 5.75. The summed E-state index contributed by atoms with van der Waals surface area (Å²) < 4.78 is 1.01. The molecule has 0 fully saturated rings. The number of benzene rings is 1. The Labute approximate surface area is 98.4 Å². The number of hydrogen-bond donors (Lipinski definition) is 2. The van der Waals surface area contributed by atoms with Crippen LogP contribution in [-0.2, 0) is 4.79 Å². The van der Waals surface area contributed by atoms with Gasteiger partial charge in [-0.25, -0.2) is 0 Å². The minimum absolute atomic E-state index is 0.0110. The zero-order chi connectivity index (χ0) is 11.3. The van der Waals surface area contributed by atoms with Crippen LogP contribution >= 0.6 is 15.9 Å². The number of likely N-dealkylation sites (N-methyl/N-ethyl adjacent to an activating group) is 1. The highest BCUT2D eigenvalue weighted by Gasteiger charge is 2.01. The van der Waals surface area contributed by atoms with Crippen LogP contribution < -0.4 is 10.6 Å². The molecule has 82 valence electrons. The van der Waals surface area contributed by atoms with E-state index < -0.39 is 0 Å². The van der Waals surface area contributed by atoms with Crippen molar-refractivity contribution in [2.45, 2.75) is 13.8 Å². The first-order valence-corrected chi connectivity index (χ1v) is 5.69. The fourth-order valence-corrected chi connectivity index (χ4v) is 1.58. The van der Waals surface area contributed by atoms with Crippen molar-refractivity contribution >= 4 is 27.5 Å². The molecule has 0 aliphatic heterocycles. The number of rotatable bonds is 4. The van der Waals surface area contributed by atoms with Crippen molar-refractivity contribution in [2.24, 2.45) is 0 Å². The molecule has 1 rings (SSSR count). The van der Waals surface area contributed by atoms with Crippen LogP contribution in [0.5, 0.6) is 0 Å². The molecule has 2 N–H and O–H groups in total. The van der Waals surface area contributed by atoms with Crippen molar-refractivity contribution < 1.29 is 4.79 Å². The molecule has 0 radical (unpaired) electrons. The van der Waals surface area contributed by atoms with Gasteiger partial charge in [0.25, 0.3) is 0 Å². The summed E-state index contributed by atoms with van der Waals surface area (Å²) in [6.45, 7) is 4.89. The molecule has 0 saturated heterocycles. The van der Waals surface area contributed by atoms with Gasteiger partial charge in [0.15, 0.2) is 0 Å². The van der Waals surface area contributed by atoms with Gasteiger partial charge < -0.3 is 10.6 Å². The van der Waals surface area contributed by atoms with Crippen LogP contribution in [0.15, 0.2) is 22.7 Å². The van der Waals surface area contributed by atoms with Crippen molar-refractivity contribution in [1.29, 1.82) is 0 Å². The molecule has 3 nitrogen and oxygen atoms in total. The Hall–Kier alpha value is -1.03. The van der Waals surface area contributed by atoms with Crippen molar-refractivity contribution in [3.63, 3.8) is 0 Å². The van der Waals surface area contributed by atoms with Crippen LogP contribution in [0.3, 0.4) is 0 Å². The minimum Gasteiger partial charge on any atom is -0.376 e. The molecule has 0 aliphatic rings. The first kappa shape index (κ1) is 12.0. The van der Waals surface area contributed by atoms with E-state index in [4.69, 9.17) is 0 Å². The normalized spacial score (nSPS) is 9.80. The molecule has 0 unspecified atom stereocenters. The Morgan fingerprint density at radius 2 is 2.20 bits per heavy atom. The van der Waals surface area contributed by atoms with Gasteiger partial charge in [-0.05, 0) is 31.5 Å². The van der Waals surface area contributed by atoms with E-state index in [1.807, 2.05) is 32.0 Å². The first-order valence-electron chi connectivity index (χ1n) is 4.90. The number of aryl methyl sites for hydroxylation is 1. The predicted octanol–water partition coefficient (Wildman–Crippen LogP) is 2.31. The van der Waals surface area contributed by atoms with Crippen molar-refractivity contribution in [2.75, 3.05) is 18.4 Å². The summed E-state index contributed by atoms with van der Waals surface area (Å²) in [4.78, 5) is 11.2. The standard InChI is InChI=1S/C11H15BrN2O/c1-3-13-11(15)7-14-10-6-9(12)5-4-8(10)2/h4-6,14H,3,7H2,1-2H3,(H,13,15). The minimum atomic E-state index is 0.0110. The first-order chi connectivity index (χ1) is 7.13. The molecule has 4 heteroatoms. The van der Waals surface area contributed by atoms with E-state index in [1.54, 1.807) is 0 Å². The van der Waals surface area contributed by atoms with Crippen LogP contribution in [0.25, 0.3) is 0 Å². The maximum Gasteiger partial charge on any atom is 0.239 e. The average molecular weight is 271 g/mol. The largest absolute Gasteiger partial charge is 0.376 e. The van der Waals surface area contributed by atoms with Crippen LogP contribution in [0.1, 0.15) is 12.5 Å². The average Bonchev–Trinajstić information content (AvgIpc) is 2.20. The maximum atomic E-state index is 11.2. The van der Waals surface area contributed by atoms with Gasteiger partial charge >= 0.3 is 0 Å². The quantitative estimate of drug-likeness (QED) is 0.882. The Bertz CT molecular complexity index is 352. The number of halogens is 1. The predicted molar refractivity (Wildman–Crippen MR) is 66.1 cm³/mol.